The van der Waals surface area contributed by atoms with Crippen LogP contribution in [0, 0.1) is 11.6 Å². The maximum Gasteiger partial charge on any atom is 0.129 e. The number of aliphatic hydroxyl groups is 1. The van der Waals surface area contributed by atoms with Gasteiger partial charge >= 0.3 is 0 Å². The van der Waals surface area contributed by atoms with E-state index in [-0.39, 0.29) is 12.0 Å². The van der Waals surface area contributed by atoms with E-state index in [0.29, 0.717) is 17.9 Å². The van der Waals surface area contributed by atoms with Gasteiger partial charge in [-0.1, -0.05) is 22.0 Å². The van der Waals surface area contributed by atoms with Crippen LogP contribution in [0.2, 0.25) is 0 Å². The molecule has 1 atom stereocenters. The van der Waals surface area contributed by atoms with Crippen LogP contribution in [-0.4, -0.2) is 11.7 Å². The molecular formula is C16H13BrF2O2. The lowest BCUT2D eigenvalue weighted by Gasteiger charge is -2.16. The lowest BCUT2D eigenvalue weighted by atomic mass is 9.98. The van der Waals surface area contributed by atoms with Gasteiger partial charge in [0.2, 0.25) is 0 Å². The molecule has 2 aromatic carbocycles. The van der Waals surface area contributed by atoms with Gasteiger partial charge in [-0.15, -0.1) is 0 Å². The molecule has 21 heavy (non-hydrogen) atoms. The van der Waals surface area contributed by atoms with Gasteiger partial charge in [0.1, 0.15) is 17.4 Å². The smallest absolute Gasteiger partial charge is 0.129 e. The van der Waals surface area contributed by atoms with E-state index in [9.17, 15) is 13.9 Å². The van der Waals surface area contributed by atoms with Crippen molar-refractivity contribution in [3.63, 3.8) is 0 Å². The maximum atomic E-state index is 13.7. The minimum absolute atomic E-state index is 0.0678. The molecule has 110 valence electrons. The number of hydrogen-bond donors (Lipinski definition) is 1. The van der Waals surface area contributed by atoms with Crippen LogP contribution in [0.3, 0.4) is 0 Å². The molecule has 0 saturated carbocycles. The summed E-state index contributed by atoms with van der Waals surface area (Å²) in [5.41, 5.74) is 1.93. The second-order valence-corrected chi connectivity index (χ2v) is 5.95. The highest BCUT2D eigenvalue weighted by Gasteiger charge is 2.23. The van der Waals surface area contributed by atoms with Crippen molar-refractivity contribution in [2.45, 2.75) is 18.9 Å². The zero-order valence-electron chi connectivity index (χ0n) is 11.1. The van der Waals surface area contributed by atoms with Crippen LogP contribution < -0.4 is 4.74 Å². The molecule has 0 bridgehead atoms. The Balaban J connectivity index is 1.91. The molecule has 0 radical (unpaired) electrons. The first-order valence-electron chi connectivity index (χ1n) is 6.61. The lowest BCUT2D eigenvalue weighted by molar-refractivity contribution is 0.172. The van der Waals surface area contributed by atoms with Crippen LogP contribution in [-0.2, 0) is 12.8 Å². The predicted octanol–water partition coefficient (Wildman–Crippen LogP) is 3.94. The molecule has 0 aliphatic carbocycles. The Hall–Kier alpha value is -1.46. The van der Waals surface area contributed by atoms with Crippen LogP contribution in [0.15, 0.2) is 34.8 Å². The highest BCUT2D eigenvalue weighted by atomic mass is 79.9. The molecule has 1 unspecified atom stereocenters. The summed E-state index contributed by atoms with van der Waals surface area (Å²) in [7, 11) is 0. The Bertz CT molecular complexity index is 688. The highest BCUT2D eigenvalue weighted by Crippen LogP contribution is 2.37. The van der Waals surface area contributed by atoms with Crippen LogP contribution in [0.5, 0.6) is 5.75 Å². The molecule has 5 heteroatoms. The van der Waals surface area contributed by atoms with Gasteiger partial charge in [-0.25, -0.2) is 8.78 Å². The van der Waals surface area contributed by atoms with Gasteiger partial charge in [0.25, 0.3) is 0 Å². The Morgan fingerprint density at radius 3 is 2.81 bits per heavy atom. The number of ether oxygens (including phenoxy) is 1. The molecule has 0 amide bonds. The molecule has 1 heterocycles. The summed E-state index contributed by atoms with van der Waals surface area (Å²) in [4.78, 5) is 0. The first-order valence-corrected chi connectivity index (χ1v) is 7.41. The van der Waals surface area contributed by atoms with E-state index in [0.717, 1.165) is 22.5 Å². The third kappa shape index (κ3) is 2.94. The van der Waals surface area contributed by atoms with Gasteiger partial charge in [0.05, 0.1) is 12.7 Å². The van der Waals surface area contributed by atoms with Crippen molar-refractivity contribution >= 4 is 15.9 Å². The summed E-state index contributed by atoms with van der Waals surface area (Å²) in [5, 5.41) is 10.4. The largest absolute Gasteiger partial charge is 0.493 e. The number of halogens is 3. The first-order chi connectivity index (χ1) is 10.0. The second-order valence-electron chi connectivity index (χ2n) is 5.04. The van der Waals surface area contributed by atoms with Crippen molar-refractivity contribution < 1.29 is 18.6 Å². The molecule has 1 N–H and O–H groups in total. The van der Waals surface area contributed by atoms with E-state index in [4.69, 9.17) is 4.74 Å². The minimum atomic E-state index is -0.908. The van der Waals surface area contributed by atoms with E-state index in [1.165, 1.54) is 12.1 Å². The van der Waals surface area contributed by atoms with Gasteiger partial charge in [0.15, 0.2) is 0 Å². The van der Waals surface area contributed by atoms with Crippen LogP contribution >= 0.6 is 15.9 Å². The minimum Gasteiger partial charge on any atom is -0.493 e. The van der Waals surface area contributed by atoms with E-state index >= 15 is 0 Å². The highest BCUT2D eigenvalue weighted by molar-refractivity contribution is 9.10. The van der Waals surface area contributed by atoms with Gasteiger partial charge in [-0.2, -0.15) is 0 Å². The van der Waals surface area contributed by atoms with Crippen molar-refractivity contribution in [3.05, 3.63) is 63.1 Å². The monoisotopic (exact) mass is 354 g/mol. The van der Waals surface area contributed by atoms with Crippen molar-refractivity contribution in [3.8, 4) is 5.75 Å². The predicted molar refractivity (Wildman–Crippen MR) is 78.4 cm³/mol. The molecular weight excluding hydrogens is 342 g/mol. The maximum absolute atomic E-state index is 13.7. The van der Waals surface area contributed by atoms with Gasteiger partial charge < -0.3 is 9.84 Å². The number of fused-ring (bicyclic) bond motifs is 1. The molecule has 0 saturated heterocycles. The van der Waals surface area contributed by atoms with E-state index in [1.54, 1.807) is 6.07 Å². The summed E-state index contributed by atoms with van der Waals surface area (Å²) in [6.07, 6.45) is -0.0491. The zero-order valence-corrected chi connectivity index (χ0v) is 12.7. The van der Waals surface area contributed by atoms with Gasteiger partial charge in [-0.3, -0.25) is 0 Å². The van der Waals surface area contributed by atoms with Crippen molar-refractivity contribution in [1.29, 1.82) is 0 Å². The lowest BCUT2D eigenvalue weighted by Crippen LogP contribution is -2.06. The Morgan fingerprint density at radius 1 is 1.24 bits per heavy atom. The first kappa shape index (κ1) is 14.5. The normalized spacial score (nSPS) is 14.7. The zero-order chi connectivity index (χ0) is 15.0. The van der Waals surface area contributed by atoms with Crippen LogP contribution in [0.4, 0.5) is 8.78 Å². The Kier molecular flexibility index (Phi) is 3.95. The number of rotatable bonds is 3. The standard InChI is InChI=1S/C16H13BrF2O2/c17-11-5-10-3-4-21-16(10)13(7-11)15(20)6-9-1-2-12(18)8-14(9)19/h1-2,5,7-8,15,20H,3-4,6H2. The fourth-order valence-corrected chi connectivity index (χ4v) is 3.07. The van der Waals surface area contributed by atoms with Gasteiger partial charge in [0, 0.05) is 28.9 Å². The Labute approximate surface area is 129 Å². The topological polar surface area (TPSA) is 29.5 Å². The molecule has 1 aliphatic rings. The summed E-state index contributed by atoms with van der Waals surface area (Å²) in [5.74, 6) is -0.604. The molecule has 0 aromatic heterocycles. The number of aliphatic hydroxyl groups excluding tert-OH is 1. The van der Waals surface area contributed by atoms with Crippen LogP contribution in [0.25, 0.3) is 0 Å². The quantitative estimate of drug-likeness (QED) is 0.904. The van der Waals surface area contributed by atoms with Crippen molar-refractivity contribution in [1.82, 2.24) is 0 Å². The fourth-order valence-electron chi connectivity index (χ4n) is 2.55. The van der Waals surface area contributed by atoms with Crippen LogP contribution in [0.1, 0.15) is 22.8 Å². The molecule has 3 rings (SSSR count). The van der Waals surface area contributed by atoms with E-state index in [1.807, 2.05) is 6.07 Å². The van der Waals surface area contributed by atoms with Gasteiger partial charge in [-0.05, 0) is 29.3 Å². The third-order valence-electron chi connectivity index (χ3n) is 3.56. The number of benzene rings is 2. The summed E-state index contributed by atoms with van der Waals surface area (Å²) in [6, 6.07) is 7.09. The SMILES string of the molecule is OC(Cc1ccc(F)cc1F)c1cc(Br)cc2c1OCC2. The molecule has 2 nitrogen and oxygen atoms in total. The molecule has 2 aromatic rings. The molecule has 0 spiro atoms. The van der Waals surface area contributed by atoms with Crippen molar-refractivity contribution in [2.24, 2.45) is 0 Å². The fraction of sp³-hybridized carbons (Fsp3) is 0.250. The van der Waals surface area contributed by atoms with E-state index in [2.05, 4.69) is 15.9 Å². The summed E-state index contributed by atoms with van der Waals surface area (Å²) >= 11 is 3.40. The molecule has 0 fully saturated rings. The average Bonchev–Trinajstić information content (AvgIpc) is 2.88. The summed E-state index contributed by atoms with van der Waals surface area (Å²) in [6.45, 7) is 0.580. The Morgan fingerprint density at radius 2 is 2.05 bits per heavy atom. The molecule has 1 aliphatic heterocycles. The van der Waals surface area contributed by atoms with Crippen molar-refractivity contribution in [2.75, 3.05) is 6.61 Å². The average molecular weight is 355 g/mol. The second kappa shape index (κ2) is 5.73. The summed E-state index contributed by atoms with van der Waals surface area (Å²) < 4.78 is 33.0. The number of hydrogen-bond acceptors (Lipinski definition) is 2. The van der Waals surface area contributed by atoms with E-state index < -0.39 is 17.7 Å². The third-order valence-corrected chi connectivity index (χ3v) is 4.02.